The number of hydrogen-bond acceptors (Lipinski definition) is 3. The average Bonchev–Trinajstić information content (AvgIpc) is 2.51. The van der Waals surface area contributed by atoms with Crippen LogP contribution in [0.1, 0.15) is 97.3 Å². The van der Waals surface area contributed by atoms with Gasteiger partial charge in [0.1, 0.15) is 0 Å². The second-order valence-corrected chi connectivity index (χ2v) is 6.34. The number of rotatable bonds is 15. The third-order valence-corrected chi connectivity index (χ3v) is 4.30. The topological polar surface area (TPSA) is 77.4 Å². The molecular weight excluding hydrogens is 315 g/mol. The average molecular weight is 348 g/mol. The van der Waals surface area contributed by atoms with Crippen LogP contribution in [0.5, 0.6) is 0 Å². The molecule has 0 aliphatic heterocycles. The molecular formula is C19H33NaO4. The van der Waals surface area contributed by atoms with Gasteiger partial charge in [-0.3, -0.25) is 0 Å². The van der Waals surface area contributed by atoms with Gasteiger partial charge in [0.25, 0.3) is 0 Å². The van der Waals surface area contributed by atoms with Gasteiger partial charge in [-0.2, -0.15) is 0 Å². The number of carboxylic acids is 2. The standard InChI is InChI=1S/C19H34O4.Na/c1-3-4-5-6-7-8-9-10-11-12-13-14-15-17(19(22)23)16(2)18(20)21;/h3-15H2,1-2H3,(H,20,21)(H,22,23);/q;+1/p-1/b17-16-;. The molecule has 0 heterocycles. The Kier molecular flexibility index (Phi) is 18.9. The SMILES string of the molecule is CCCCCCCCCCCCCC/C(C(=O)[O-])=C(\C)C(=O)O.[Na+]. The van der Waals surface area contributed by atoms with E-state index in [4.69, 9.17) is 5.11 Å². The zero-order valence-corrected chi connectivity index (χ0v) is 17.9. The first-order valence-electron chi connectivity index (χ1n) is 9.15. The minimum absolute atomic E-state index is 0. The summed E-state index contributed by atoms with van der Waals surface area (Å²) in [5.74, 6) is -2.53. The van der Waals surface area contributed by atoms with Gasteiger partial charge in [-0.05, 0) is 25.3 Å². The fraction of sp³-hybridized carbons (Fsp3) is 0.789. The number of aliphatic carboxylic acids is 2. The predicted octanol–water partition coefficient (Wildman–Crippen LogP) is 1.23. The summed E-state index contributed by atoms with van der Waals surface area (Å²) in [7, 11) is 0. The second-order valence-electron chi connectivity index (χ2n) is 6.34. The molecule has 0 fully saturated rings. The first kappa shape index (κ1) is 25.9. The van der Waals surface area contributed by atoms with Gasteiger partial charge in [-0.25, -0.2) is 4.79 Å². The normalized spacial score (nSPS) is 11.6. The van der Waals surface area contributed by atoms with Crippen molar-refractivity contribution in [3.8, 4) is 0 Å². The van der Waals surface area contributed by atoms with E-state index in [1.54, 1.807) is 0 Å². The van der Waals surface area contributed by atoms with Gasteiger partial charge in [0.2, 0.25) is 0 Å². The molecule has 134 valence electrons. The van der Waals surface area contributed by atoms with Gasteiger partial charge in [0, 0.05) is 5.57 Å². The summed E-state index contributed by atoms with van der Waals surface area (Å²) < 4.78 is 0. The Hall–Kier alpha value is -0.320. The first-order valence-corrected chi connectivity index (χ1v) is 9.15. The minimum Gasteiger partial charge on any atom is -0.545 e. The summed E-state index contributed by atoms with van der Waals surface area (Å²) in [6.07, 6.45) is 14.8. The Morgan fingerprint density at radius 3 is 1.50 bits per heavy atom. The number of carbonyl (C=O) groups is 2. The number of unbranched alkanes of at least 4 members (excludes halogenated alkanes) is 11. The first-order chi connectivity index (χ1) is 11.0. The Balaban J connectivity index is 0. The van der Waals surface area contributed by atoms with Crippen molar-refractivity contribution in [2.75, 3.05) is 0 Å². The molecule has 0 aliphatic carbocycles. The predicted molar refractivity (Wildman–Crippen MR) is 91.0 cm³/mol. The third-order valence-electron chi connectivity index (χ3n) is 4.30. The van der Waals surface area contributed by atoms with Gasteiger partial charge >= 0.3 is 35.5 Å². The molecule has 0 radical (unpaired) electrons. The number of carbonyl (C=O) groups excluding carboxylic acids is 1. The molecule has 0 aliphatic rings. The molecule has 4 nitrogen and oxygen atoms in total. The molecule has 0 aromatic heterocycles. The largest absolute Gasteiger partial charge is 1.00 e. The van der Waals surface area contributed by atoms with Gasteiger partial charge in [0.05, 0.1) is 5.97 Å². The van der Waals surface area contributed by atoms with Crippen LogP contribution in [-0.4, -0.2) is 17.0 Å². The van der Waals surface area contributed by atoms with Gasteiger partial charge < -0.3 is 15.0 Å². The van der Waals surface area contributed by atoms with Crippen LogP contribution in [0.15, 0.2) is 11.1 Å². The summed E-state index contributed by atoms with van der Waals surface area (Å²) in [4.78, 5) is 21.8. The molecule has 0 bridgehead atoms. The minimum atomic E-state index is -1.35. The van der Waals surface area contributed by atoms with Crippen LogP contribution in [0.2, 0.25) is 0 Å². The molecule has 1 N–H and O–H groups in total. The van der Waals surface area contributed by atoms with E-state index in [0.29, 0.717) is 6.42 Å². The van der Waals surface area contributed by atoms with Crippen LogP contribution in [-0.2, 0) is 9.59 Å². The van der Waals surface area contributed by atoms with Crippen molar-refractivity contribution in [3.05, 3.63) is 11.1 Å². The van der Waals surface area contributed by atoms with Gasteiger partial charge in [-0.1, -0.05) is 77.6 Å². The summed E-state index contributed by atoms with van der Waals surface area (Å²) in [5.41, 5.74) is -0.169. The summed E-state index contributed by atoms with van der Waals surface area (Å²) in [5, 5.41) is 19.8. The zero-order valence-electron chi connectivity index (χ0n) is 15.9. The monoisotopic (exact) mass is 348 g/mol. The van der Waals surface area contributed by atoms with E-state index < -0.39 is 11.9 Å². The molecule has 0 aromatic carbocycles. The Bertz CT molecular complexity index is 378. The van der Waals surface area contributed by atoms with E-state index >= 15 is 0 Å². The Labute approximate surface area is 169 Å². The molecule has 0 unspecified atom stereocenters. The van der Waals surface area contributed by atoms with Crippen LogP contribution in [0, 0.1) is 0 Å². The maximum absolute atomic E-state index is 10.9. The molecule has 0 saturated carbocycles. The molecule has 5 heteroatoms. The molecule has 0 saturated heterocycles. The summed E-state index contributed by atoms with van der Waals surface area (Å²) in [6, 6.07) is 0. The molecule has 0 spiro atoms. The summed E-state index contributed by atoms with van der Waals surface area (Å²) in [6.45, 7) is 3.56. The van der Waals surface area contributed by atoms with E-state index in [9.17, 15) is 14.7 Å². The van der Waals surface area contributed by atoms with Crippen molar-refractivity contribution in [3.63, 3.8) is 0 Å². The van der Waals surface area contributed by atoms with Crippen molar-refractivity contribution in [1.29, 1.82) is 0 Å². The van der Waals surface area contributed by atoms with E-state index in [0.717, 1.165) is 12.8 Å². The smallest absolute Gasteiger partial charge is 0.545 e. The fourth-order valence-electron chi connectivity index (χ4n) is 2.71. The maximum atomic E-state index is 10.9. The van der Waals surface area contributed by atoms with E-state index in [1.807, 2.05) is 0 Å². The van der Waals surface area contributed by atoms with Crippen molar-refractivity contribution in [2.45, 2.75) is 97.3 Å². The Morgan fingerprint density at radius 1 is 0.792 bits per heavy atom. The van der Waals surface area contributed by atoms with Crippen LogP contribution >= 0.6 is 0 Å². The van der Waals surface area contributed by atoms with E-state index in [-0.39, 0.29) is 47.1 Å². The molecule has 0 atom stereocenters. The molecule has 24 heavy (non-hydrogen) atoms. The summed E-state index contributed by atoms with van der Waals surface area (Å²) >= 11 is 0. The van der Waals surface area contributed by atoms with E-state index in [2.05, 4.69) is 6.92 Å². The van der Waals surface area contributed by atoms with Crippen molar-refractivity contribution in [1.82, 2.24) is 0 Å². The number of carboxylic acid groups (broad SMARTS) is 2. The third kappa shape index (κ3) is 14.1. The van der Waals surface area contributed by atoms with Crippen molar-refractivity contribution < 1.29 is 49.4 Å². The molecule has 0 aromatic rings. The van der Waals surface area contributed by atoms with Crippen LogP contribution in [0.25, 0.3) is 0 Å². The number of hydrogen-bond donors (Lipinski definition) is 1. The van der Waals surface area contributed by atoms with Gasteiger partial charge in [0.15, 0.2) is 0 Å². The molecule has 0 rings (SSSR count). The second kappa shape index (κ2) is 17.5. The van der Waals surface area contributed by atoms with Crippen LogP contribution in [0.3, 0.4) is 0 Å². The van der Waals surface area contributed by atoms with Crippen LogP contribution in [0.4, 0.5) is 0 Å². The zero-order chi connectivity index (χ0) is 17.5. The van der Waals surface area contributed by atoms with Crippen molar-refractivity contribution in [2.24, 2.45) is 0 Å². The van der Waals surface area contributed by atoms with Crippen molar-refractivity contribution >= 4 is 11.9 Å². The maximum Gasteiger partial charge on any atom is 1.00 e. The van der Waals surface area contributed by atoms with E-state index in [1.165, 1.54) is 64.7 Å². The quantitative estimate of drug-likeness (QED) is 0.274. The fourth-order valence-corrected chi connectivity index (χ4v) is 2.71. The van der Waals surface area contributed by atoms with Gasteiger partial charge in [-0.15, -0.1) is 0 Å². The molecule has 0 amide bonds. The Morgan fingerprint density at radius 2 is 1.17 bits per heavy atom. The van der Waals surface area contributed by atoms with Crippen LogP contribution < -0.4 is 34.7 Å².